The number of amides is 1. The van der Waals surface area contributed by atoms with Gasteiger partial charge in [0.25, 0.3) is 5.91 Å². The lowest BCUT2D eigenvalue weighted by molar-refractivity contribution is -0.138. The highest BCUT2D eigenvalue weighted by atomic mass is 19.1. The molecule has 0 saturated heterocycles. The summed E-state index contributed by atoms with van der Waals surface area (Å²) >= 11 is 0. The Balaban J connectivity index is 1.47. The van der Waals surface area contributed by atoms with Gasteiger partial charge in [0.05, 0.1) is 11.1 Å². The van der Waals surface area contributed by atoms with Crippen LogP contribution in [0.3, 0.4) is 0 Å². The molecule has 4 rings (SSSR count). The molecule has 1 saturated carbocycles. The maximum atomic E-state index is 13.3. The Morgan fingerprint density at radius 1 is 1.00 bits per heavy atom. The van der Waals surface area contributed by atoms with Crippen LogP contribution in [-0.4, -0.2) is 34.4 Å². The number of hydrogen-bond acceptors (Lipinski definition) is 4. The van der Waals surface area contributed by atoms with Gasteiger partial charge < -0.3 is 9.64 Å². The lowest BCUT2D eigenvalue weighted by atomic mass is 9.93. The molecule has 0 aliphatic heterocycles. The first-order valence-electron chi connectivity index (χ1n) is 10.7. The largest absolute Gasteiger partial charge is 0.452 e. The van der Waals surface area contributed by atoms with Gasteiger partial charge in [-0.25, -0.2) is 9.18 Å². The number of pyridine rings is 1. The number of rotatable bonds is 6. The monoisotopic (exact) mass is 420 g/mol. The topological polar surface area (TPSA) is 59.5 Å². The number of benzene rings is 2. The first kappa shape index (κ1) is 21.0. The summed E-state index contributed by atoms with van der Waals surface area (Å²) in [5.74, 6) is -1.09. The van der Waals surface area contributed by atoms with Gasteiger partial charge in [-0.2, -0.15) is 0 Å². The highest BCUT2D eigenvalue weighted by molar-refractivity contribution is 6.03. The Kier molecular flexibility index (Phi) is 6.55. The predicted octanol–water partition coefficient (Wildman–Crippen LogP) is 4.89. The van der Waals surface area contributed by atoms with Crippen LogP contribution in [0.4, 0.5) is 4.39 Å². The molecule has 0 N–H and O–H groups in total. The molecule has 1 amide bonds. The molecule has 1 heterocycles. The normalized spacial score (nSPS) is 14.4. The molecule has 0 unspecified atom stereocenters. The van der Waals surface area contributed by atoms with Gasteiger partial charge in [0.15, 0.2) is 6.61 Å². The Bertz CT molecular complexity index is 1060. The highest BCUT2D eigenvalue weighted by Crippen LogP contribution is 2.25. The van der Waals surface area contributed by atoms with Gasteiger partial charge in [-0.05, 0) is 48.7 Å². The summed E-state index contributed by atoms with van der Waals surface area (Å²) in [6.45, 7) is 0.0483. The van der Waals surface area contributed by atoms with Crippen molar-refractivity contribution in [2.45, 2.75) is 44.7 Å². The molecule has 0 bridgehead atoms. The second-order valence-electron chi connectivity index (χ2n) is 7.89. The van der Waals surface area contributed by atoms with Gasteiger partial charge >= 0.3 is 5.97 Å². The van der Waals surface area contributed by atoms with Crippen molar-refractivity contribution in [1.82, 2.24) is 9.88 Å². The van der Waals surface area contributed by atoms with Gasteiger partial charge in [-0.1, -0.05) is 43.5 Å². The first-order valence-corrected chi connectivity index (χ1v) is 10.7. The second kappa shape index (κ2) is 9.69. The zero-order valence-electron chi connectivity index (χ0n) is 17.3. The van der Waals surface area contributed by atoms with Crippen molar-refractivity contribution < 1.29 is 18.7 Å². The third kappa shape index (κ3) is 5.08. The number of fused-ring (bicyclic) bond motifs is 1. The van der Waals surface area contributed by atoms with Crippen LogP contribution in [0.5, 0.6) is 0 Å². The van der Waals surface area contributed by atoms with E-state index in [4.69, 9.17) is 4.74 Å². The van der Waals surface area contributed by atoms with E-state index < -0.39 is 5.97 Å². The summed E-state index contributed by atoms with van der Waals surface area (Å²) in [4.78, 5) is 31.8. The minimum atomic E-state index is -0.544. The number of esters is 1. The molecule has 31 heavy (non-hydrogen) atoms. The van der Waals surface area contributed by atoms with E-state index in [2.05, 4.69) is 4.98 Å². The van der Waals surface area contributed by atoms with Crippen molar-refractivity contribution in [3.8, 4) is 0 Å². The Morgan fingerprint density at radius 2 is 1.77 bits per heavy atom. The zero-order valence-corrected chi connectivity index (χ0v) is 17.3. The highest BCUT2D eigenvalue weighted by Gasteiger charge is 2.26. The molecule has 1 aliphatic carbocycles. The molecule has 1 fully saturated rings. The predicted molar refractivity (Wildman–Crippen MR) is 116 cm³/mol. The number of halogens is 1. The molecule has 3 aromatic rings. The van der Waals surface area contributed by atoms with Gasteiger partial charge in [0, 0.05) is 24.2 Å². The standard InChI is InChI=1S/C25H25FN2O3/c26-19-13-11-18(12-14-19)16-28(20-6-2-1-3-7-20)24(29)17-31-25(30)22-8-4-10-23-21(22)9-5-15-27-23/h4-5,8-15,20H,1-3,6-7,16-17H2. The number of hydrogen-bond donors (Lipinski definition) is 0. The number of nitrogens with zero attached hydrogens (tertiary/aromatic N) is 2. The van der Waals surface area contributed by atoms with E-state index in [9.17, 15) is 14.0 Å². The fraction of sp³-hybridized carbons (Fsp3) is 0.320. The molecule has 5 nitrogen and oxygen atoms in total. The number of aromatic nitrogens is 1. The lowest BCUT2D eigenvalue weighted by Crippen LogP contribution is -2.43. The number of ether oxygens (including phenoxy) is 1. The Hall–Kier alpha value is -3.28. The van der Waals surface area contributed by atoms with E-state index >= 15 is 0 Å². The van der Waals surface area contributed by atoms with Crippen LogP contribution in [0.2, 0.25) is 0 Å². The summed E-state index contributed by atoms with van der Waals surface area (Å²) in [7, 11) is 0. The molecule has 0 atom stereocenters. The van der Waals surface area contributed by atoms with E-state index in [1.54, 1.807) is 41.4 Å². The van der Waals surface area contributed by atoms with Crippen molar-refractivity contribution in [2.75, 3.05) is 6.61 Å². The molecule has 1 aliphatic rings. The van der Waals surface area contributed by atoms with E-state index in [1.807, 2.05) is 12.1 Å². The number of carbonyl (C=O) groups is 2. The Labute approximate surface area is 180 Å². The Morgan fingerprint density at radius 3 is 2.55 bits per heavy atom. The zero-order chi connectivity index (χ0) is 21.6. The molecule has 1 aromatic heterocycles. The van der Waals surface area contributed by atoms with Crippen LogP contribution < -0.4 is 0 Å². The van der Waals surface area contributed by atoms with Gasteiger partial charge in [0.1, 0.15) is 5.82 Å². The van der Waals surface area contributed by atoms with Crippen LogP contribution in [0.1, 0.15) is 48.0 Å². The number of carbonyl (C=O) groups excluding carboxylic acids is 2. The van der Waals surface area contributed by atoms with Crippen molar-refractivity contribution in [2.24, 2.45) is 0 Å². The average Bonchev–Trinajstić information content (AvgIpc) is 2.82. The van der Waals surface area contributed by atoms with Crippen molar-refractivity contribution in [1.29, 1.82) is 0 Å². The maximum Gasteiger partial charge on any atom is 0.339 e. The quantitative estimate of drug-likeness (QED) is 0.533. The lowest BCUT2D eigenvalue weighted by Gasteiger charge is -2.34. The van der Waals surface area contributed by atoms with Gasteiger partial charge in [-0.15, -0.1) is 0 Å². The third-order valence-corrected chi connectivity index (χ3v) is 5.79. The second-order valence-corrected chi connectivity index (χ2v) is 7.89. The van der Waals surface area contributed by atoms with Crippen LogP contribution >= 0.6 is 0 Å². The smallest absolute Gasteiger partial charge is 0.339 e. The SMILES string of the molecule is O=C(OCC(=O)N(Cc1ccc(F)cc1)C1CCCCC1)c1cccc2ncccc12. The summed E-state index contributed by atoms with van der Waals surface area (Å²) in [5.41, 5.74) is 1.94. The van der Waals surface area contributed by atoms with Crippen molar-refractivity contribution in [3.05, 3.63) is 77.7 Å². The van der Waals surface area contributed by atoms with Crippen LogP contribution in [-0.2, 0) is 16.1 Å². The first-order chi connectivity index (χ1) is 15.1. The molecular formula is C25H25FN2O3. The molecule has 2 aromatic carbocycles. The summed E-state index contributed by atoms with van der Waals surface area (Å²) < 4.78 is 18.7. The van der Waals surface area contributed by atoms with Gasteiger partial charge in [-0.3, -0.25) is 9.78 Å². The minimum absolute atomic E-state index is 0.103. The fourth-order valence-corrected chi connectivity index (χ4v) is 4.17. The third-order valence-electron chi connectivity index (χ3n) is 5.79. The van der Waals surface area contributed by atoms with Gasteiger partial charge in [0.2, 0.25) is 0 Å². The molecule has 6 heteroatoms. The summed E-state index contributed by atoms with van der Waals surface area (Å²) in [5, 5.41) is 0.692. The summed E-state index contributed by atoms with van der Waals surface area (Å²) in [6.07, 6.45) is 6.82. The van der Waals surface area contributed by atoms with E-state index in [0.29, 0.717) is 23.0 Å². The van der Waals surface area contributed by atoms with Crippen LogP contribution in [0, 0.1) is 5.82 Å². The molecule has 0 spiro atoms. The maximum absolute atomic E-state index is 13.3. The summed E-state index contributed by atoms with van der Waals surface area (Å²) in [6, 6.07) is 15.1. The van der Waals surface area contributed by atoms with E-state index in [0.717, 1.165) is 31.2 Å². The molecular weight excluding hydrogens is 395 g/mol. The minimum Gasteiger partial charge on any atom is -0.452 e. The fourth-order valence-electron chi connectivity index (χ4n) is 4.17. The van der Waals surface area contributed by atoms with Crippen LogP contribution in [0.15, 0.2) is 60.8 Å². The van der Waals surface area contributed by atoms with Crippen molar-refractivity contribution >= 4 is 22.8 Å². The average molecular weight is 420 g/mol. The van der Waals surface area contributed by atoms with E-state index in [-0.39, 0.29) is 24.4 Å². The van der Waals surface area contributed by atoms with Crippen molar-refractivity contribution in [3.63, 3.8) is 0 Å². The van der Waals surface area contributed by atoms with Crippen LogP contribution in [0.25, 0.3) is 10.9 Å². The van der Waals surface area contributed by atoms with E-state index in [1.165, 1.54) is 18.6 Å². The molecule has 0 radical (unpaired) electrons. The molecule has 160 valence electrons.